The summed E-state index contributed by atoms with van der Waals surface area (Å²) in [5, 5.41) is 16.4. The Bertz CT molecular complexity index is 1000. The van der Waals surface area contributed by atoms with Gasteiger partial charge in [-0.2, -0.15) is 4.98 Å². The van der Waals surface area contributed by atoms with Crippen LogP contribution in [0.2, 0.25) is 5.02 Å². The first kappa shape index (κ1) is 18.0. The van der Waals surface area contributed by atoms with Crippen molar-refractivity contribution in [1.29, 1.82) is 0 Å². The molecule has 0 spiro atoms. The fraction of sp³-hybridized carbons (Fsp3) is 0.438. The molecule has 0 saturated carbocycles. The Labute approximate surface area is 168 Å². The van der Waals surface area contributed by atoms with E-state index in [1.165, 1.54) is 0 Å². The molecule has 148 valence electrons. The van der Waals surface area contributed by atoms with Crippen molar-refractivity contribution < 1.29 is 19.3 Å². The number of H-pyrrole nitrogens is 1. The molecular formula is C16H17ClN6O4S. The number of hydrogen-bond donors (Lipinski definition) is 4. The molecule has 3 aromatic heterocycles. The molecule has 4 atom stereocenters. The van der Waals surface area contributed by atoms with Gasteiger partial charge in [0.2, 0.25) is 0 Å². The fourth-order valence-corrected chi connectivity index (χ4v) is 4.12. The second kappa shape index (κ2) is 6.79. The summed E-state index contributed by atoms with van der Waals surface area (Å²) in [6, 6.07) is 1.97. The molecule has 3 aromatic rings. The van der Waals surface area contributed by atoms with E-state index in [0.29, 0.717) is 28.5 Å². The van der Waals surface area contributed by atoms with Gasteiger partial charge in [0.05, 0.1) is 30.3 Å². The monoisotopic (exact) mass is 424 g/mol. The van der Waals surface area contributed by atoms with Crippen LogP contribution in [0.5, 0.6) is 6.01 Å². The predicted molar refractivity (Wildman–Crippen MR) is 101 cm³/mol. The number of hydrogen-bond acceptors (Lipinski definition) is 10. The molecule has 2 aliphatic rings. The Hall–Kier alpha value is -2.02. The lowest BCUT2D eigenvalue weighted by atomic mass is 10.0. The smallest absolute Gasteiger partial charge is 0.296 e. The summed E-state index contributed by atoms with van der Waals surface area (Å²) >= 11 is 7.86. The number of imidazole rings is 1. The minimum Gasteiger partial charge on any atom is -0.456 e. The minimum absolute atomic E-state index is 0.104. The average Bonchev–Trinajstić information content (AvgIpc) is 3.42. The van der Waals surface area contributed by atoms with Gasteiger partial charge in [-0.25, -0.2) is 9.97 Å². The zero-order valence-electron chi connectivity index (χ0n) is 14.5. The van der Waals surface area contributed by atoms with Crippen LogP contribution in [-0.4, -0.2) is 62.3 Å². The van der Waals surface area contributed by atoms with Gasteiger partial charge in [0.15, 0.2) is 17.5 Å². The van der Waals surface area contributed by atoms with Crippen LogP contribution in [0.3, 0.4) is 0 Å². The quantitative estimate of drug-likeness (QED) is 0.469. The first-order valence-electron chi connectivity index (χ1n) is 8.60. The molecule has 5 N–H and O–H groups in total. The highest BCUT2D eigenvalue weighted by molar-refractivity contribution is 7.09. The van der Waals surface area contributed by atoms with Gasteiger partial charge in [-0.05, 0) is 6.07 Å². The van der Waals surface area contributed by atoms with E-state index in [4.69, 9.17) is 31.5 Å². The summed E-state index contributed by atoms with van der Waals surface area (Å²) in [5.41, 5.74) is 5.91. The second-order valence-electron chi connectivity index (χ2n) is 6.60. The lowest BCUT2D eigenvalue weighted by Crippen LogP contribution is -2.55. The summed E-state index contributed by atoms with van der Waals surface area (Å²) in [5.74, 6) is 0.509. The van der Waals surface area contributed by atoms with Crippen LogP contribution in [0.25, 0.3) is 11.2 Å². The highest BCUT2D eigenvalue weighted by Gasteiger charge is 2.58. The SMILES string of the molecule is N[C@]12OC[C@@H](Oc3nc4nc(NCc5nccs5)c(Cl)cc4[nH]3)[C@H]1OC[C@H]2O. The van der Waals surface area contributed by atoms with Gasteiger partial charge in [0.1, 0.15) is 23.0 Å². The zero-order valence-corrected chi connectivity index (χ0v) is 16.0. The topological polar surface area (TPSA) is 140 Å². The van der Waals surface area contributed by atoms with Gasteiger partial charge in [0, 0.05) is 11.6 Å². The third kappa shape index (κ3) is 3.00. The number of aliphatic hydroxyl groups excluding tert-OH is 1. The number of nitrogens with two attached hydrogens (primary N) is 1. The van der Waals surface area contributed by atoms with Crippen molar-refractivity contribution in [2.24, 2.45) is 5.73 Å². The van der Waals surface area contributed by atoms with E-state index in [9.17, 15) is 5.11 Å². The van der Waals surface area contributed by atoms with Crippen LogP contribution in [0.15, 0.2) is 17.6 Å². The molecule has 0 radical (unpaired) electrons. The number of aromatic nitrogens is 4. The molecule has 28 heavy (non-hydrogen) atoms. The predicted octanol–water partition coefficient (Wildman–Crippen LogP) is 0.872. The maximum atomic E-state index is 9.95. The molecule has 2 aliphatic heterocycles. The van der Waals surface area contributed by atoms with Crippen molar-refractivity contribution in [3.63, 3.8) is 0 Å². The van der Waals surface area contributed by atoms with Crippen molar-refractivity contribution in [2.75, 3.05) is 18.5 Å². The van der Waals surface area contributed by atoms with E-state index in [1.54, 1.807) is 23.6 Å². The molecule has 2 saturated heterocycles. The van der Waals surface area contributed by atoms with Gasteiger partial charge in [-0.15, -0.1) is 11.3 Å². The van der Waals surface area contributed by atoms with Crippen molar-refractivity contribution in [1.82, 2.24) is 19.9 Å². The molecular weight excluding hydrogens is 408 g/mol. The lowest BCUT2D eigenvalue weighted by molar-refractivity contribution is -0.0715. The van der Waals surface area contributed by atoms with Gasteiger partial charge in [-0.1, -0.05) is 11.6 Å². The van der Waals surface area contributed by atoms with Crippen molar-refractivity contribution in [2.45, 2.75) is 30.6 Å². The summed E-state index contributed by atoms with van der Waals surface area (Å²) in [6.45, 7) is 0.805. The molecule has 10 nitrogen and oxygen atoms in total. The number of thiazole rings is 1. The van der Waals surface area contributed by atoms with Gasteiger partial charge in [0.25, 0.3) is 6.01 Å². The van der Waals surface area contributed by atoms with Crippen LogP contribution < -0.4 is 15.8 Å². The Balaban J connectivity index is 1.34. The molecule has 5 rings (SSSR count). The summed E-state index contributed by atoms with van der Waals surface area (Å²) < 4.78 is 16.9. The molecule has 5 heterocycles. The third-order valence-electron chi connectivity index (χ3n) is 4.79. The van der Waals surface area contributed by atoms with E-state index in [1.807, 2.05) is 5.38 Å². The molecule has 0 amide bonds. The van der Waals surface area contributed by atoms with E-state index >= 15 is 0 Å². The average molecular weight is 425 g/mol. The van der Waals surface area contributed by atoms with Gasteiger partial charge in [-0.3, -0.25) is 5.73 Å². The second-order valence-corrected chi connectivity index (χ2v) is 7.99. The molecule has 0 bridgehead atoms. The summed E-state index contributed by atoms with van der Waals surface area (Å²) in [7, 11) is 0. The first-order valence-corrected chi connectivity index (χ1v) is 9.86. The first-order chi connectivity index (χ1) is 13.5. The number of fused-ring (bicyclic) bond motifs is 2. The van der Waals surface area contributed by atoms with Crippen LogP contribution in [0.4, 0.5) is 5.82 Å². The number of aromatic amines is 1. The largest absolute Gasteiger partial charge is 0.456 e. The Morgan fingerprint density at radius 2 is 2.36 bits per heavy atom. The van der Waals surface area contributed by atoms with E-state index in [0.717, 1.165) is 5.01 Å². The molecule has 2 fully saturated rings. The summed E-state index contributed by atoms with van der Waals surface area (Å²) in [6.07, 6.45) is -0.232. The maximum Gasteiger partial charge on any atom is 0.296 e. The number of aliphatic hydroxyl groups is 1. The standard InChI is InChI=1S/C16H17ClN6O4S/c17-7-3-8-14(22-13(7)20-4-11-19-1-2-28-11)23-15(21-8)27-9-5-26-16(18)10(24)6-25-12(9)16/h1-3,9-10,12,24H,4-6,18H2,(H2,20,21,22,23)/t9-,10-,12-,16-/m1/s1. The minimum atomic E-state index is -1.26. The van der Waals surface area contributed by atoms with Crippen molar-refractivity contribution >= 4 is 39.9 Å². The fourth-order valence-electron chi connectivity index (χ4n) is 3.35. The van der Waals surface area contributed by atoms with Crippen LogP contribution in [-0.2, 0) is 16.0 Å². The van der Waals surface area contributed by atoms with E-state index < -0.39 is 24.0 Å². The van der Waals surface area contributed by atoms with Gasteiger partial charge < -0.3 is 29.6 Å². The van der Waals surface area contributed by atoms with Crippen LogP contribution in [0.1, 0.15) is 5.01 Å². The maximum absolute atomic E-state index is 9.95. The zero-order chi connectivity index (χ0) is 19.3. The number of halogens is 1. The Kier molecular flexibility index (Phi) is 4.38. The lowest BCUT2D eigenvalue weighted by Gasteiger charge is -2.24. The molecule has 0 aliphatic carbocycles. The summed E-state index contributed by atoms with van der Waals surface area (Å²) in [4.78, 5) is 16.1. The number of rotatable bonds is 5. The Morgan fingerprint density at radius 3 is 3.18 bits per heavy atom. The van der Waals surface area contributed by atoms with Crippen LogP contribution in [0, 0.1) is 0 Å². The third-order valence-corrected chi connectivity index (χ3v) is 5.86. The number of nitrogens with zero attached hydrogens (tertiary/aromatic N) is 3. The van der Waals surface area contributed by atoms with Crippen molar-refractivity contribution in [3.8, 4) is 6.01 Å². The normalized spacial score (nSPS) is 29.3. The molecule has 0 unspecified atom stereocenters. The van der Waals surface area contributed by atoms with Crippen molar-refractivity contribution in [3.05, 3.63) is 27.7 Å². The molecule has 12 heteroatoms. The van der Waals surface area contributed by atoms with Gasteiger partial charge >= 0.3 is 0 Å². The number of pyridine rings is 1. The highest BCUT2D eigenvalue weighted by atomic mass is 35.5. The van der Waals surface area contributed by atoms with Crippen LogP contribution >= 0.6 is 22.9 Å². The number of anilines is 1. The Morgan fingerprint density at radius 1 is 1.46 bits per heavy atom. The highest BCUT2D eigenvalue weighted by Crippen LogP contribution is 2.35. The number of ether oxygens (including phenoxy) is 3. The molecule has 0 aromatic carbocycles. The van der Waals surface area contributed by atoms with E-state index in [2.05, 4.69) is 25.3 Å². The van der Waals surface area contributed by atoms with E-state index in [-0.39, 0.29) is 19.2 Å². The number of nitrogens with one attached hydrogen (secondary N) is 2.